The van der Waals surface area contributed by atoms with Gasteiger partial charge in [0.05, 0.1) is 5.60 Å². The first kappa shape index (κ1) is 13.2. The van der Waals surface area contributed by atoms with Gasteiger partial charge in [0.1, 0.15) is 5.21 Å². The molecule has 0 atom stereocenters. The molecule has 1 heterocycles. The van der Waals surface area contributed by atoms with Crippen molar-refractivity contribution in [2.75, 3.05) is 24.9 Å². The van der Waals surface area contributed by atoms with E-state index in [1.54, 1.807) is 0 Å². The Bertz CT molecular complexity index is 296. The van der Waals surface area contributed by atoms with Gasteiger partial charge in [-0.2, -0.15) is 0 Å². The molecule has 0 aromatic heterocycles. The highest BCUT2D eigenvalue weighted by atomic mass is 35.5. The van der Waals surface area contributed by atoms with E-state index < -0.39 is 10.0 Å². The zero-order valence-corrected chi connectivity index (χ0v) is 10.8. The van der Waals surface area contributed by atoms with Crippen molar-refractivity contribution in [2.45, 2.75) is 32.3 Å². The number of hydrogen-bond donors (Lipinski definition) is 0. The van der Waals surface area contributed by atoms with Crippen LogP contribution in [0.15, 0.2) is 0 Å². The molecule has 90 valence electrons. The quantitative estimate of drug-likeness (QED) is 0.714. The van der Waals surface area contributed by atoms with Crippen LogP contribution in [-0.4, -0.2) is 43.2 Å². The van der Waals surface area contributed by atoms with Crippen molar-refractivity contribution in [2.24, 2.45) is 0 Å². The zero-order chi connectivity index (χ0) is 11.5. The fourth-order valence-corrected chi connectivity index (χ4v) is 3.09. The van der Waals surface area contributed by atoms with Crippen molar-refractivity contribution in [3.8, 4) is 0 Å². The highest BCUT2D eigenvalue weighted by Crippen LogP contribution is 2.27. The van der Waals surface area contributed by atoms with Crippen LogP contribution in [-0.2, 0) is 14.8 Å². The number of alkyl halides is 1. The van der Waals surface area contributed by atoms with Gasteiger partial charge in [-0.1, -0.05) is 0 Å². The third-order valence-electron chi connectivity index (χ3n) is 2.80. The van der Waals surface area contributed by atoms with Gasteiger partial charge in [-0.15, -0.1) is 11.6 Å². The van der Waals surface area contributed by atoms with Gasteiger partial charge in [-0.3, -0.25) is 0 Å². The molecule has 0 spiro atoms. The lowest BCUT2D eigenvalue weighted by Crippen LogP contribution is -2.46. The average molecular weight is 256 g/mol. The van der Waals surface area contributed by atoms with E-state index in [4.69, 9.17) is 16.3 Å². The molecule has 1 aliphatic heterocycles. The van der Waals surface area contributed by atoms with Gasteiger partial charge in [0, 0.05) is 19.7 Å². The van der Waals surface area contributed by atoms with Crippen LogP contribution in [0.5, 0.6) is 0 Å². The zero-order valence-electron chi connectivity index (χ0n) is 9.20. The standard InChI is InChI=1S/C9H18ClNO3S/c1-3-14-9(2)4-6-11(7-5-9)15(12,13)8-10/h3-8H2,1-2H3. The van der Waals surface area contributed by atoms with Crippen molar-refractivity contribution in [1.29, 1.82) is 0 Å². The Morgan fingerprint density at radius 2 is 1.93 bits per heavy atom. The SMILES string of the molecule is CCOC1(C)CCN(S(=O)(=O)CCl)CC1. The maximum Gasteiger partial charge on any atom is 0.228 e. The smallest absolute Gasteiger partial charge is 0.228 e. The third kappa shape index (κ3) is 3.31. The third-order valence-corrected chi connectivity index (χ3v) is 5.06. The highest BCUT2D eigenvalue weighted by Gasteiger charge is 2.34. The summed E-state index contributed by atoms with van der Waals surface area (Å²) in [4.78, 5) is 0. The first-order valence-electron chi connectivity index (χ1n) is 5.11. The second-order valence-electron chi connectivity index (χ2n) is 4.00. The van der Waals surface area contributed by atoms with Gasteiger partial charge in [0.25, 0.3) is 0 Å². The summed E-state index contributed by atoms with van der Waals surface area (Å²) in [7, 11) is -3.24. The summed E-state index contributed by atoms with van der Waals surface area (Å²) in [5.74, 6) is 0. The predicted molar refractivity (Wildman–Crippen MR) is 60.5 cm³/mol. The van der Waals surface area contributed by atoms with Crippen molar-refractivity contribution in [1.82, 2.24) is 4.31 Å². The van der Waals surface area contributed by atoms with E-state index in [2.05, 4.69) is 0 Å². The Hall–Kier alpha value is 0.160. The molecular formula is C9H18ClNO3S. The van der Waals surface area contributed by atoms with Gasteiger partial charge in [-0.05, 0) is 26.7 Å². The number of piperidine rings is 1. The summed E-state index contributed by atoms with van der Waals surface area (Å²) < 4.78 is 30.0. The van der Waals surface area contributed by atoms with Crippen molar-refractivity contribution in [3.63, 3.8) is 0 Å². The molecule has 1 rings (SSSR count). The average Bonchev–Trinajstić information content (AvgIpc) is 2.18. The van der Waals surface area contributed by atoms with Gasteiger partial charge < -0.3 is 4.74 Å². The minimum absolute atomic E-state index is 0.174. The van der Waals surface area contributed by atoms with Gasteiger partial charge >= 0.3 is 0 Å². The van der Waals surface area contributed by atoms with Crippen LogP contribution in [0, 0.1) is 0 Å². The number of rotatable bonds is 4. The molecule has 0 saturated carbocycles. The van der Waals surface area contributed by atoms with Gasteiger partial charge in [0.2, 0.25) is 10.0 Å². The normalized spacial score (nSPS) is 22.9. The summed E-state index contributed by atoms with van der Waals surface area (Å²) in [5.41, 5.74) is -0.174. The number of halogens is 1. The first-order valence-corrected chi connectivity index (χ1v) is 7.26. The lowest BCUT2D eigenvalue weighted by atomic mass is 9.95. The van der Waals surface area contributed by atoms with E-state index in [1.807, 2.05) is 13.8 Å². The number of ether oxygens (including phenoxy) is 1. The molecule has 0 N–H and O–H groups in total. The Kier molecular flexibility index (Phi) is 4.40. The van der Waals surface area contributed by atoms with Crippen LogP contribution >= 0.6 is 11.6 Å². The summed E-state index contributed by atoms with van der Waals surface area (Å²) >= 11 is 5.40. The molecule has 1 fully saturated rings. The first-order chi connectivity index (χ1) is 6.93. The summed E-state index contributed by atoms with van der Waals surface area (Å²) in [6, 6.07) is 0. The Balaban J connectivity index is 2.56. The molecule has 15 heavy (non-hydrogen) atoms. The predicted octanol–water partition coefficient (Wildman–Crippen LogP) is 1.40. The van der Waals surface area contributed by atoms with Crippen molar-refractivity contribution >= 4 is 21.6 Å². The molecule has 0 amide bonds. The maximum absolute atomic E-state index is 11.5. The van der Waals surface area contributed by atoms with Gasteiger partial charge in [0.15, 0.2) is 0 Å². The summed E-state index contributed by atoms with van der Waals surface area (Å²) in [6.45, 7) is 5.66. The monoisotopic (exact) mass is 255 g/mol. The van der Waals surface area contributed by atoms with Crippen molar-refractivity contribution in [3.05, 3.63) is 0 Å². The molecule has 0 unspecified atom stereocenters. The van der Waals surface area contributed by atoms with E-state index in [1.165, 1.54) is 4.31 Å². The Labute approximate surface area is 96.6 Å². The molecule has 0 radical (unpaired) electrons. The molecule has 6 heteroatoms. The fraction of sp³-hybridized carbons (Fsp3) is 1.00. The largest absolute Gasteiger partial charge is 0.375 e. The maximum atomic E-state index is 11.5. The van der Waals surface area contributed by atoms with Crippen molar-refractivity contribution < 1.29 is 13.2 Å². The van der Waals surface area contributed by atoms with Crippen LogP contribution < -0.4 is 0 Å². The van der Waals surface area contributed by atoms with E-state index in [9.17, 15) is 8.42 Å². The molecule has 0 aromatic rings. The lowest BCUT2D eigenvalue weighted by molar-refractivity contribution is -0.0553. The molecule has 1 aliphatic rings. The molecule has 4 nitrogen and oxygen atoms in total. The molecule has 1 saturated heterocycles. The number of hydrogen-bond acceptors (Lipinski definition) is 3. The van der Waals surface area contributed by atoms with Crippen LogP contribution in [0.25, 0.3) is 0 Å². The second-order valence-corrected chi connectivity index (χ2v) is 6.56. The van der Waals surface area contributed by atoms with E-state index in [-0.39, 0.29) is 10.8 Å². The molecule has 0 aromatic carbocycles. The Morgan fingerprint density at radius 3 is 2.33 bits per heavy atom. The number of nitrogens with zero attached hydrogens (tertiary/aromatic N) is 1. The minimum atomic E-state index is -3.24. The van der Waals surface area contributed by atoms with E-state index in [0.717, 1.165) is 12.8 Å². The molecular weight excluding hydrogens is 238 g/mol. The second kappa shape index (κ2) is 4.99. The topological polar surface area (TPSA) is 46.6 Å². The summed E-state index contributed by atoms with van der Waals surface area (Å²) in [5, 5.41) is -0.335. The molecule has 0 aliphatic carbocycles. The fourth-order valence-electron chi connectivity index (χ4n) is 1.80. The minimum Gasteiger partial charge on any atom is -0.375 e. The highest BCUT2D eigenvalue weighted by molar-refractivity contribution is 7.90. The van der Waals surface area contributed by atoms with Crippen LogP contribution in [0.2, 0.25) is 0 Å². The van der Waals surface area contributed by atoms with Gasteiger partial charge in [-0.25, -0.2) is 12.7 Å². The van der Waals surface area contributed by atoms with Crippen LogP contribution in [0.1, 0.15) is 26.7 Å². The Morgan fingerprint density at radius 1 is 1.40 bits per heavy atom. The summed E-state index contributed by atoms with van der Waals surface area (Å²) in [6.07, 6.45) is 1.47. The number of sulfonamides is 1. The lowest BCUT2D eigenvalue weighted by Gasteiger charge is -2.38. The molecule has 0 bridgehead atoms. The van der Waals surface area contributed by atoms with E-state index in [0.29, 0.717) is 19.7 Å². The van der Waals surface area contributed by atoms with Crippen LogP contribution in [0.4, 0.5) is 0 Å². The van der Waals surface area contributed by atoms with Crippen LogP contribution in [0.3, 0.4) is 0 Å². The van der Waals surface area contributed by atoms with E-state index >= 15 is 0 Å².